The van der Waals surface area contributed by atoms with Crippen molar-refractivity contribution in [1.29, 1.82) is 0 Å². The first-order chi connectivity index (χ1) is 5.75. The molecule has 0 aromatic heterocycles. The summed E-state index contributed by atoms with van der Waals surface area (Å²) in [5.41, 5.74) is 0. The van der Waals surface area contributed by atoms with Gasteiger partial charge >= 0.3 is 0 Å². The molecule has 0 bridgehead atoms. The van der Waals surface area contributed by atoms with Gasteiger partial charge in [-0.2, -0.15) is 0 Å². The Kier molecular flexibility index (Phi) is 3.17. The summed E-state index contributed by atoms with van der Waals surface area (Å²) in [6, 6.07) is 0. The minimum atomic E-state index is -0.824. The molecule has 0 N–H and O–H groups in total. The molecule has 0 fully saturated rings. The summed E-state index contributed by atoms with van der Waals surface area (Å²) in [7, 11) is 0. The maximum absolute atomic E-state index is 11.1. The molecular formula is C9H12O3. The second kappa shape index (κ2) is 4.16. The normalized spacial score (nSPS) is 23.2. The first-order valence-corrected chi connectivity index (χ1v) is 4.10. The molecule has 1 rings (SSSR count). The third-order valence-electron chi connectivity index (χ3n) is 1.64. The van der Waals surface area contributed by atoms with Crippen molar-refractivity contribution in [2.75, 3.05) is 6.61 Å². The summed E-state index contributed by atoms with van der Waals surface area (Å²) in [5.74, 6) is -0.351. The van der Waals surface area contributed by atoms with Gasteiger partial charge in [-0.05, 0) is 12.5 Å². The fraction of sp³-hybridized carbons (Fsp3) is 0.556. The van der Waals surface area contributed by atoms with Gasteiger partial charge in [-0.1, -0.05) is 13.0 Å². The highest BCUT2D eigenvalue weighted by molar-refractivity contribution is 6.12. The largest absolute Gasteiger partial charge is 0.362 e. The molecule has 66 valence electrons. The number of hydrogen-bond acceptors (Lipinski definition) is 3. The molecule has 0 aromatic carbocycles. The molecule has 0 aliphatic heterocycles. The number of rotatable bonds is 3. The third kappa shape index (κ3) is 2.01. The smallest absolute Gasteiger partial charge is 0.191 e. The Bertz CT molecular complexity index is 218. The molecular weight excluding hydrogens is 156 g/mol. The minimum absolute atomic E-state index is 0.129. The second-order valence-corrected chi connectivity index (χ2v) is 2.73. The summed E-state index contributed by atoms with van der Waals surface area (Å²) >= 11 is 0. The van der Waals surface area contributed by atoms with Gasteiger partial charge in [-0.25, -0.2) is 0 Å². The summed E-state index contributed by atoms with van der Waals surface area (Å²) in [5, 5.41) is 0. The summed E-state index contributed by atoms with van der Waals surface area (Å²) in [6.45, 7) is 2.41. The van der Waals surface area contributed by atoms with Gasteiger partial charge in [0.05, 0.1) is 0 Å². The van der Waals surface area contributed by atoms with Crippen LogP contribution in [0.15, 0.2) is 12.2 Å². The lowest BCUT2D eigenvalue weighted by Gasteiger charge is -2.15. The molecule has 0 saturated carbocycles. The van der Waals surface area contributed by atoms with Gasteiger partial charge in [0.25, 0.3) is 0 Å². The molecule has 3 heteroatoms. The Labute approximate surface area is 71.4 Å². The number of ether oxygens (including phenoxy) is 1. The van der Waals surface area contributed by atoms with Crippen molar-refractivity contribution in [3.8, 4) is 0 Å². The average Bonchev–Trinajstić information content (AvgIpc) is 2.04. The monoisotopic (exact) mass is 168 g/mol. The molecule has 1 aliphatic carbocycles. The van der Waals surface area contributed by atoms with E-state index in [1.165, 1.54) is 6.08 Å². The fourth-order valence-electron chi connectivity index (χ4n) is 1.06. The van der Waals surface area contributed by atoms with Gasteiger partial charge in [-0.15, -0.1) is 0 Å². The first-order valence-electron chi connectivity index (χ1n) is 4.10. The Morgan fingerprint density at radius 2 is 2.33 bits per heavy atom. The van der Waals surface area contributed by atoms with Crippen molar-refractivity contribution in [2.45, 2.75) is 25.9 Å². The number of hydrogen-bond donors (Lipinski definition) is 0. The highest BCUT2D eigenvalue weighted by atomic mass is 16.5. The molecule has 3 nitrogen and oxygen atoms in total. The van der Waals surface area contributed by atoms with Crippen molar-refractivity contribution in [1.82, 2.24) is 0 Å². The number of carbonyl (C=O) groups is 2. The summed E-state index contributed by atoms with van der Waals surface area (Å²) < 4.78 is 5.11. The van der Waals surface area contributed by atoms with Gasteiger partial charge in [-0.3, -0.25) is 9.59 Å². The Hall–Kier alpha value is -0.960. The van der Waals surface area contributed by atoms with E-state index < -0.39 is 6.10 Å². The fourth-order valence-corrected chi connectivity index (χ4v) is 1.06. The molecule has 0 amide bonds. The standard InChI is InChI=1S/C9H12O3/c1-2-6-12-9-7(10)4-3-5-8(9)11/h3-4,9H,2,5-6H2,1H3. The third-order valence-corrected chi connectivity index (χ3v) is 1.64. The van der Waals surface area contributed by atoms with Gasteiger partial charge in [0.1, 0.15) is 0 Å². The van der Waals surface area contributed by atoms with Crippen molar-refractivity contribution >= 4 is 11.6 Å². The van der Waals surface area contributed by atoms with E-state index in [0.29, 0.717) is 13.0 Å². The molecule has 0 saturated heterocycles. The summed E-state index contributed by atoms with van der Waals surface area (Å²) in [6.07, 6.45) is 3.31. The van der Waals surface area contributed by atoms with E-state index >= 15 is 0 Å². The van der Waals surface area contributed by atoms with Crippen molar-refractivity contribution in [3.63, 3.8) is 0 Å². The van der Waals surface area contributed by atoms with Crippen LogP contribution in [-0.4, -0.2) is 24.3 Å². The molecule has 12 heavy (non-hydrogen) atoms. The molecule has 0 heterocycles. The number of ketones is 2. The van der Waals surface area contributed by atoms with Crippen molar-refractivity contribution < 1.29 is 14.3 Å². The van der Waals surface area contributed by atoms with E-state index in [-0.39, 0.29) is 11.6 Å². The van der Waals surface area contributed by atoms with Crippen molar-refractivity contribution in [3.05, 3.63) is 12.2 Å². The highest BCUT2D eigenvalue weighted by Gasteiger charge is 2.26. The van der Waals surface area contributed by atoms with E-state index in [1.54, 1.807) is 6.08 Å². The molecule has 0 radical (unpaired) electrons. The predicted octanol–water partition coefficient (Wildman–Crippen LogP) is 0.880. The lowest BCUT2D eigenvalue weighted by atomic mass is 10.0. The van der Waals surface area contributed by atoms with Crippen LogP contribution in [0.3, 0.4) is 0 Å². The van der Waals surface area contributed by atoms with E-state index in [4.69, 9.17) is 4.74 Å². The zero-order chi connectivity index (χ0) is 8.97. The lowest BCUT2D eigenvalue weighted by Crippen LogP contribution is -2.34. The zero-order valence-corrected chi connectivity index (χ0v) is 7.08. The van der Waals surface area contributed by atoms with Crippen LogP contribution in [0.2, 0.25) is 0 Å². The quantitative estimate of drug-likeness (QED) is 0.587. The van der Waals surface area contributed by atoms with E-state index in [1.807, 2.05) is 6.92 Å². The number of allylic oxidation sites excluding steroid dienone is 1. The first kappa shape index (κ1) is 9.13. The SMILES string of the molecule is CCCOC1C(=O)C=CCC1=O. The van der Waals surface area contributed by atoms with Crippen LogP contribution in [0.25, 0.3) is 0 Å². The van der Waals surface area contributed by atoms with E-state index in [2.05, 4.69) is 0 Å². The highest BCUT2D eigenvalue weighted by Crippen LogP contribution is 2.07. The van der Waals surface area contributed by atoms with Crippen LogP contribution < -0.4 is 0 Å². The number of carbonyl (C=O) groups excluding carboxylic acids is 2. The van der Waals surface area contributed by atoms with Crippen LogP contribution in [0.5, 0.6) is 0 Å². The molecule has 0 spiro atoms. The summed E-state index contributed by atoms with van der Waals surface area (Å²) in [4.78, 5) is 22.2. The van der Waals surface area contributed by atoms with Crippen LogP contribution in [0.1, 0.15) is 19.8 Å². The Balaban J connectivity index is 2.54. The molecule has 1 aliphatic rings. The van der Waals surface area contributed by atoms with Crippen LogP contribution >= 0.6 is 0 Å². The maximum atomic E-state index is 11.1. The number of Topliss-reactive ketones (excluding diaryl/α,β-unsaturated/α-hetero) is 1. The van der Waals surface area contributed by atoms with Gasteiger partial charge in [0, 0.05) is 13.0 Å². The molecule has 1 atom stereocenters. The topological polar surface area (TPSA) is 43.4 Å². The Morgan fingerprint density at radius 1 is 1.58 bits per heavy atom. The molecule has 1 unspecified atom stereocenters. The predicted molar refractivity (Wildman–Crippen MR) is 43.8 cm³/mol. The van der Waals surface area contributed by atoms with Gasteiger partial charge < -0.3 is 4.74 Å². The van der Waals surface area contributed by atoms with Crippen LogP contribution in [0, 0.1) is 0 Å². The average molecular weight is 168 g/mol. The van der Waals surface area contributed by atoms with Crippen LogP contribution in [0.4, 0.5) is 0 Å². The lowest BCUT2D eigenvalue weighted by molar-refractivity contribution is -0.140. The minimum Gasteiger partial charge on any atom is -0.362 e. The second-order valence-electron chi connectivity index (χ2n) is 2.73. The maximum Gasteiger partial charge on any atom is 0.191 e. The van der Waals surface area contributed by atoms with Gasteiger partial charge in [0.15, 0.2) is 17.7 Å². The zero-order valence-electron chi connectivity index (χ0n) is 7.08. The van der Waals surface area contributed by atoms with Gasteiger partial charge in [0.2, 0.25) is 0 Å². The van der Waals surface area contributed by atoms with Crippen molar-refractivity contribution in [2.24, 2.45) is 0 Å². The van der Waals surface area contributed by atoms with Crippen LogP contribution in [-0.2, 0) is 14.3 Å². The Morgan fingerprint density at radius 3 is 2.92 bits per heavy atom. The van der Waals surface area contributed by atoms with E-state index in [0.717, 1.165) is 6.42 Å². The van der Waals surface area contributed by atoms with E-state index in [9.17, 15) is 9.59 Å². The molecule has 0 aromatic rings.